The number of rotatable bonds is 6. The number of aryl methyl sites for hydroxylation is 1. The third kappa shape index (κ3) is 4.33. The number of hydrogen-bond donors (Lipinski definition) is 0. The van der Waals surface area contributed by atoms with E-state index in [-0.39, 0.29) is 12.4 Å². The van der Waals surface area contributed by atoms with E-state index in [0.717, 1.165) is 29.4 Å². The summed E-state index contributed by atoms with van der Waals surface area (Å²) >= 11 is 6.02. The van der Waals surface area contributed by atoms with Gasteiger partial charge in [0.2, 0.25) is 5.88 Å². The van der Waals surface area contributed by atoms with E-state index < -0.39 is 0 Å². The highest BCUT2D eigenvalue weighted by atomic mass is 35.5. The van der Waals surface area contributed by atoms with E-state index in [1.807, 2.05) is 18.3 Å². The summed E-state index contributed by atoms with van der Waals surface area (Å²) in [4.78, 5) is 4.51. The zero-order valence-electron chi connectivity index (χ0n) is 15.8. The topological polar surface area (TPSA) is 27.1 Å². The van der Waals surface area contributed by atoms with Gasteiger partial charge >= 0.3 is 0 Å². The van der Waals surface area contributed by atoms with Gasteiger partial charge < -0.3 is 9.30 Å². The minimum atomic E-state index is 0. The smallest absolute Gasteiger partial charge is 0.238 e. The Balaban J connectivity index is 0.00000243. The molecular formula is C21H26Cl2N2O. The summed E-state index contributed by atoms with van der Waals surface area (Å²) in [5, 5.41) is 1.97. The van der Waals surface area contributed by atoms with Crippen molar-refractivity contribution >= 4 is 34.9 Å². The van der Waals surface area contributed by atoms with Crippen LogP contribution in [0.15, 0.2) is 36.5 Å². The second kappa shape index (κ2) is 8.79. The minimum absolute atomic E-state index is 0. The third-order valence-corrected chi connectivity index (χ3v) is 4.95. The van der Waals surface area contributed by atoms with Crippen LogP contribution < -0.4 is 4.74 Å². The molecule has 5 heteroatoms. The van der Waals surface area contributed by atoms with E-state index in [0.29, 0.717) is 12.5 Å². The molecule has 140 valence electrons. The van der Waals surface area contributed by atoms with E-state index in [9.17, 15) is 0 Å². The molecular weight excluding hydrogens is 367 g/mol. The first-order chi connectivity index (χ1) is 12.0. The molecule has 0 unspecified atom stereocenters. The number of aromatic nitrogens is 2. The van der Waals surface area contributed by atoms with E-state index >= 15 is 0 Å². The Morgan fingerprint density at radius 3 is 2.46 bits per heavy atom. The number of ether oxygens (including phenoxy) is 1. The van der Waals surface area contributed by atoms with Gasteiger partial charge in [-0.25, -0.2) is 4.98 Å². The van der Waals surface area contributed by atoms with Crippen LogP contribution in [0.2, 0.25) is 5.02 Å². The van der Waals surface area contributed by atoms with Crippen LogP contribution in [-0.4, -0.2) is 16.2 Å². The highest BCUT2D eigenvalue weighted by molar-refractivity contribution is 6.30. The molecule has 2 aromatic heterocycles. The maximum Gasteiger partial charge on any atom is 0.238 e. The Hall–Kier alpha value is -1.71. The van der Waals surface area contributed by atoms with E-state index in [2.05, 4.69) is 55.4 Å². The predicted molar refractivity (Wildman–Crippen MR) is 112 cm³/mol. The summed E-state index contributed by atoms with van der Waals surface area (Å²) in [5.74, 6) is 1.34. The SMILES string of the molecule is Cc1c(C)n(Cc2ccc(Cl)cc2)c2c(OCCC(C)C)nccc12.Cl. The Morgan fingerprint density at radius 2 is 1.81 bits per heavy atom. The number of hydrogen-bond acceptors (Lipinski definition) is 2. The highest BCUT2D eigenvalue weighted by Crippen LogP contribution is 2.31. The first kappa shape index (κ1) is 20.6. The first-order valence-corrected chi connectivity index (χ1v) is 9.16. The van der Waals surface area contributed by atoms with E-state index in [1.54, 1.807) is 0 Å². The standard InChI is InChI=1S/C21H25ClN2O.ClH/c1-14(2)10-12-25-21-20-19(9-11-23-21)15(3)16(4)24(20)13-17-5-7-18(22)8-6-17;/h5-9,11,14H,10,12-13H2,1-4H3;1H. The monoisotopic (exact) mass is 392 g/mol. The number of pyridine rings is 1. The van der Waals surface area contributed by atoms with Gasteiger partial charge in [0.05, 0.1) is 6.61 Å². The average Bonchev–Trinajstić information content (AvgIpc) is 2.82. The lowest BCUT2D eigenvalue weighted by Gasteiger charge is -2.13. The summed E-state index contributed by atoms with van der Waals surface area (Å²) in [5.41, 5.74) is 4.81. The summed E-state index contributed by atoms with van der Waals surface area (Å²) in [7, 11) is 0. The fourth-order valence-electron chi connectivity index (χ4n) is 3.03. The van der Waals surface area contributed by atoms with Crippen molar-refractivity contribution in [1.82, 2.24) is 9.55 Å². The third-order valence-electron chi connectivity index (χ3n) is 4.70. The lowest BCUT2D eigenvalue weighted by atomic mass is 10.1. The number of halogens is 2. The molecule has 0 radical (unpaired) electrons. The van der Waals surface area contributed by atoms with Gasteiger partial charge in [-0.3, -0.25) is 0 Å². The molecule has 0 aliphatic heterocycles. The normalized spacial score (nSPS) is 11.0. The molecule has 3 aromatic rings. The van der Waals surface area contributed by atoms with Gasteiger partial charge in [0.1, 0.15) is 5.52 Å². The van der Waals surface area contributed by atoms with Gasteiger partial charge in [-0.15, -0.1) is 12.4 Å². The second-order valence-electron chi connectivity index (χ2n) is 6.97. The maximum absolute atomic E-state index is 6.04. The predicted octanol–water partition coefficient (Wildman–Crippen LogP) is 6.20. The van der Waals surface area contributed by atoms with Crippen LogP contribution in [0.4, 0.5) is 0 Å². The fraction of sp³-hybridized carbons (Fsp3) is 0.381. The van der Waals surface area contributed by atoms with E-state index in [4.69, 9.17) is 16.3 Å². The molecule has 0 aliphatic rings. The van der Waals surface area contributed by atoms with Gasteiger partial charge in [-0.1, -0.05) is 37.6 Å². The highest BCUT2D eigenvalue weighted by Gasteiger charge is 2.16. The Kier molecular flexibility index (Phi) is 6.96. The molecule has 0 atom stereocenters. The molecule has 0 saturated carbocycles. The van der Waals surface area contributed by atoms with Crippen molar-refractivity contribution in [3.05, 3.63) is 58.4 Å². The molecule has 0 N–H and O–H groups in total. The first-order valence-electron chi connectivity index (χ1n) is 8.79. The van der Waals surface area contributed by atoms with Crippen LogP contribution in [-0.2, 0) is 6.54 Å². The molecule has 3 rings (SSSR count). The molecule has 3 nitrogen and oxygen atoms in total. The van der Waals surface area contributed by atoms with Crippen LogP contribution >= 0.6 is 24.0 Å². The second-order valence-corrected chi connectivity index (χ2v) is 7.40. The van der Waals surface area contributed by atoms with Crippen molar-refractivity contribution in [1.29, 1.82) is 0 Å². The number of nitrogens with zero attached hydrogens (tertiary/aromatic N) is 2. The molecule has 0 bridgehead atoms. The van der Waals surface area contributed by atoms with Crippen molar-refractivity contribution in [3.8, 4) is 5.88 Å². The van der Waals surface area contributed by atoms with Crippen LogP contribution in [0.3, 0.4) is 0 Å². The average molecular weight is 393 g/mol. The molecule has 1 aromatic carbocycles. The van der Waals surface area contributed by atoms with Crippen molar-refractivity contribution in [2.24, 2.45) is 5.92 Å². The molecule has 26 heavy (non-hydrogen) atoms. The summed E-state index contributed by atoms with van der Waals surface area (Å²) in [6, 6.07) is 10.1. The molecule has 0 fully saturated rings. The maximum atomic E-state index is 6.04. The fourth-order valence-corrected chi connectivity index (χ4v) is 3.16. The van der Waals surface area contributed by atoms with Crippen molar-refractivity contribution < 1.29 is 4.74 Å². The molecule has 0 saturated heterocycles. The Labute approximate surface area is 166 Å². The lowest BCUT2D eigenvalue weighted by molar-refractivity contribution is 0.281. The van der Waals surface area contributed by atoms with E-state index in [1.165, 1.54) is 22.2 Å². The molecule has 0 spiro atoms. The zero-order chi connectivity index (χ0) is 18.0. The minimum Gasteiger partial charge on any atom is -0.476 e. The van der Waals surface area contributed by atoms with Crippen LogP contribution in [0.25, 0.3) is 10.9 Å². The van der Waals surface area contributed by atoms with Gasteiger partial charge in [-0.05, 0) is 55.5 Å². The molecule has 0 aliphatic carbocycles. The van der Waals surface area contributed by atoms with Crippen molar-refractivity contribution in [2.45, 2.75) is 40.7 Å². The van der Waals surface area contributed by atoms with Gasteiger partial charge in [0.25, 0.3) is 0 Å². The largest absolute Gasteiger partial charge is 0.476 e. The zero-order valence-corrected chi connectivity index (χ0v) is 17.3. The number of fused-ring (bicyclic) bond motifs is 1. The lowest BCUT2D eigenvalue weighted by Crippen LogP contribution is -2.06. The quantitative estimate of drug-likeness (QED) is 0.498. The Bertz CT molecular complexity index is 870. The van der Waals surface area contributed by atoms with Gasteiger partial charge in [0.15, 0.2) is 0 Å². The number of benzene rings is 1. The Morgan fingerprint density at radius 1 is 1.12 bits per heavy atom. The molecule has 0 amide bonds. The van der Waals surface area contributed by atoms with Gasteiger partial charge in [0, 0.05) is 28.8 Å². The summed E-state index contributed by atoms with van der Waals surface area (Å²) in [6.07, 6.45) is 2.86. The van der Waals surface area contributed by atoms with Crippen LogP contribution in [0.1, 0.15) is 37.1 Å². The molecule has 2 heterocycles. The van der Waals surface area contributed by atoms with Gasteiger partial charge in [-0.2, -0.15) is 0 Å². The summed E-state index contributed by atoms with van der Waals surface area (Å²) < 4.78 is 8.34. The summed E-state index contributed by atoms with van der Waals surface area (Å²) in [6.45, 7) is 10.2. The van der Waals surface area contributed by atoms with Crippen LogP contribution in [0, 0.1) is 19.8 Å². The van der Waals surface area contributed by atoms with Crippen molar-refractivity contribution in [3.63, 3.8) is 0 Å². The van der Waals surface area contributed by atoms with Crippen LogP contribution in [0.5, 0.6) is 5.88 Å². The van der Waals surface area contributed by atoms with Crippen molar-refractivity contribution in [2.75, 3.05) is 6.61 Å².